The Balaban J connectivity index is 1.59. The third-order valence-electron chi connectivity index (χ3n) is 5.53. The third kappa shape index (κ3) is 3.69. The van der Waals surface area contributed by atoms with Gasteiger partial charge in [-0.15, -0.1) is 0 Å². The molecule has 0 radical (unpaired) electrons. The van der Waals surface area contributed by atoms with Crippen molar-refractivity contribution in [3.63, 3.8) is 0 Å². The number of hydrazone groups is 1. The van der Waals surface area contributed by atoms with Gasteiger partial charge in [-0.25, -0.2) is 4.79 Å². The van der Waals surface area contributed by atoms with Gasteiger partial charge in [-0.1, -0.05) is 23.7 Å². The van der Waals surface area contributed by atoms with Gasteiger partial charge in [-0.2, -0.15) is 5.10 Å². The minimum atomic E-state index is -0.492. The average Bonchev–Trinajstić information content (AvgIpc) is 3.24. The SMILES string of the molecule is COc1ccc(C2CC(c3cc4ccc(O)cc4oc3=O)=NN2c2ccc(Cl)cc2)cc1. The first-order valence-electron chi connectivity index (χ1n) is 10.1. The van der Waals surface area contributed by atoms with E-state index in [4.69, 9.17) is 25.9 Å². The summed E-state index contributed by atoms with van der Waals surface area (Å²) >= 11 is 6.08. The number of methoxy groups -OCH3 is 1. The predicted molar refractivity (Wildman–Crippen MR) is 125 cm³/mol. The zero-order chi connectivity index (χ0) is 22.2. The van der Waals surface area contributed by atoms with Crippen molar-refractivity contribution in [3.05, 3.63) is 99.4 Å². The number of halogens is 1. The van der Waals surface area contributed by atoms with Crippen molar-refractivity contribution in [1.29, 1.82) is 0 Å². The summed E-state index contributed by atoms with van der Waals surface area (Å²) in [5, 5.41) is 17.7. The molecule has 7 heteroatoms. The van der Waals surface area contributed by atoms with Crippen molar-refractivity contribution in [2.24, 2.45) is 5.10 Å². The summed E-state index contributed by atoms with van der Waals surface area (Å²) in [6, 6.07) is 21.6. The molecule has 5 rings (SSSR count). The second kappa shape index (κ2) is 8.05. The Labute approximate surface area is 188 Å². The van der Waals surface area contributed by atoms with E-state index >= 15 is 0 Å². The largest absolute Gasteiger partial charge is 0.508 e. The van der Waals surface area contributed by atoms with Crippen LogP contribution < -0.4 is 15.4 Å². The lowest BCUT2D eigenvalue weighted by Crippen LogP contribution is -2.18. The number of rotatable bonds is 4. The van der Waals surface area contributed by atoms with Gasteiger partial charge in [-0.05, 0) is 60.2 Å². The molecule has 32 heavy (non-hydrogen) atoms. The molecule has 4 aromatic rings. The first-order chi connectivity index (χ1) is 15.5. The van der Waals surface area contributed by atoms with Crippen molar-refractivity contribution < 1.29 is 14.3 Å². The molecule has 2 heterocycles. The summed E-state index contributed by atoms with van der Waals surface area (Å²) in [7, 11) is 1.63. The molecule has 1 atom stereocenters. The first-order valence-corrected chi connectivity index (χ1v) is 10.4. The number of fused-ring (bicyclic) bond motifs is 1. The monoisotopic (exact) mass is 446 g/mol. The van der Waals surface area contributed by atoms with E-state index in [1.165, 1.54) is 6.07 Å². The molecule has 160 valence electrons. The highest BCUT2D eigenvalue weighted by molar-refractivity contribution is 6.30. The van der Waals surface area contributed by atoms with Crippen LogP contribution in [0.3, 0.4) is 0 Å². The molecule has 1 aliphatic rings. The van der Waals surface area contributed by atoms with E-state index < -0.39 is 5.63 Å². The third-order valence-corrected chi connectivity index (χ3v) is 5.78. The van der Waals surface area contributed by atoms with Crippen LogP contribution in [0.4, 0.5) is 5.69 Å². The Morgan fingerprint density at radius 2 is 1.81 bits per heavy atom. The van der Waals surface area contributed by atoms with Crippen LogP contribution in [0, 0.1) is 0 Å². The smallest absolute Gasteiger partial charge is 0.345 e. The summed E-state index contributed by atoms with van der Waals surface area (Å²) in [5.74, 6) is 0.810. The Morgan fingerprint density at radius 3 is 2.53 bits per heavy atom. The summed E-state index contributed by atoms with van der Waals surface area (Å²) in [4.78, 5) is 12.8. The van der Waals surface area contributed by atoms with Gasteiger partial charge in [0.05, 0.1) is 30.1 Å². The molecule has 0 fully saturated rings. The Bertz CT molecular complexity index is 1380. The molecule has 0 spiro atoms. The number of benzene rings is 3. The lowest BCUT2D eigenvalue weighted by molar-refractivity contribution is 0.414. The number of phenols is 1. The standard InChI is InChI=1S/C25H19ClN2O4/c1-31-20-10-3-15(4-11-20)23-14-22(27-28(23)18-7-5-17(26)6-8-18)21-12-16-2-9-19(29)13-24(16)32-25(21)30/h2-13,23,29H,14H2,1H3. The van der Waals surface area contributed by atoms with Gasteiger partial charge in [0.15, 0.2) is 0 Å². The maximum absolute atomic E-state index is 12.8. The highest BCUT2D eigenvalue weighted by Crippen LogP contribution is 2.37. The normalized spacial score (nSPS) is 15.8. The van der Waals surface area contributed by atoms with Crippen molar-refractivity contribution in [3.8, 4) is 11.5 Å². The van der Waals surface area contributed by atoms with Crippen LogP contribution in [0.1, 0.15) is 23.6 Å². The van der Waals surface area contributed by atoms with Crippen LogP contribution in [0.5, 0.6) is 11.5 Å². The van der Waals surface area contributed by atoms with E-state index in [1.54, 1.807) is 25.3 Å². The molecule has 0 aliphatic carbocycles. The molecule has 0 saturated heterocycles. The number of hydrogen-bond donors (Lipinski definition) is 1. The summed E-state index contributed by atoms with van der Waals surface area (Å²) in [6.07, 6.45) is 0.517. The Kier molecular flexibility index (Phi) is 5.07. The van der Waals surface area contributed by atoms with Crippen LogP contribution in [0.2, 0.25) is 5.02 Å². The van der Waals surface area contributed by atoms with Crippen LogP contribution in [-0.4, -0.2) is 17.9 Å². The molecular weight excluding hydrogens is 428 g/mol. The fourth-order valence-corrected chi connectivity index (χ4v) is 4.02. The number of ether oxygens (including phenoxy) is 1. The van der Waals surface area contributed by atoms with Gasteiger partial charge in [0.1, 0.15) is 17.1 Å². The van der Waals surface area contributed by atoms with Crippen LogP contribution >= 0.6 is 11.6 Å². The van der Waals surface area contributed by atoms with Crippen molar-refractivity contribution in [2.75, 3.05) is 12.1 Å². The van der Waals surface area contributed by atoms with Gasteiger partial charge in [0.2, 0.25) is 0 Å². The number of phenolic OH excluding ortho intramolecular Hbond substituents is 1. The molecule has 6 nitrogen and oxygen atoms in total. The molecule has 1 N–H and O–H groups in total. The van der Waals surface area contributed by atoms with E-state index in [-0.39, 0.29) is 11.8 Å². The summed E-state index contributed by atoms with van der Waals surface area (Å²) in [6.45, 7) is 0. The maximum atomic E-state index is 12.8. The van der Waals surface area contributed by atoms with Gasteiger partial charge in [0.25, 0.3) is 0 Å². The Hall–Kier alpha value is -3.77. The van der Waals surface area contributed by atoms with Gasteiger partial charge in [0, 0.05) is 22.9 Å². The van der Waals surface area contributed by atoms with Gasteiger partial charge in [-0.3, -0.25) is 5.01 Å². The predicted octanol–water partition coefficient (Wildman–Crippen LogP) is 5.52. The summed E-state index contributed by atoms with van der Waals surface area (Å²) in [5.41, 5.74) is 2.77. The second-order valence-electron chi connectivity index (χ2n) is 7.53. The second-order valence-corrected chi connectivity index (χ2v) is 7.97. The van der Waals surface area contributed by atoms with Crippen molar-refractivity contribution in [1.82, 2.24) is 0 Å². The van der Waals surface area contributed by atoms with Crippen LogP contribution in [-0.2, 0) is 0 Å². The molecule has 1 aromatic heterocycles. The highest BCUT2D eigenvalue weighted by atomic mass is 35.5. The van der Waals surface area contributed by atoms with Crippen molar-refractivity contribution >= 4 is 34.0 Å². The number of anilines is 1. The minimum absolute atomic E-state index is 0.0418. The van der Waals surface area contributed by atoms with Crippen molar-refractivity contribution in [2.45, 2.75) is 12.5 Å². The fraction of sp³-hybridized carbons (Fsp3) is 0.120. The molecule has 3 aromatic carbocycles. The van der Waals surface area contributed by atoms with E-state index in [0.29, 0.717) is 33.7 Å². The zero-order valence-electron chi connectivity index (χ0n) is 17.2. The molecule has 0 bridgehead atoms. The average molecular weight is 447 g/mol. The lowest BCUT2D eigenvalue weighted by Gasteiger charge is -2.24. The van der Waals surface area contributed by atoms with E-state index in [0.717, 1.165) is 17.0 Å². The fourth-order valence-electron chi connectivity index (χ4n) is 3.89. The highest BCUT2D eigenvalue weighted by Gasteiger charge is 2.31. The molecule has 0 amide bonds. The minimum Gasteiger partial charge on any atom is -0.508 e. The number of hydrogen-bond acceptors (Lipinski definition) is 6. The summed E-state index contributed by atoms with van der Waals surface area (Å²) < 4.78 is 10.7. The molecule has 1 aliphatic heterocycles. The van der Waals surface area contributed by atoms with Gasteiger partial charge >= 0.3 is 5.63 Å². The molecular formula is C25H19ClN2O4. The lowest BCUT2D eigenvalue weighted by atomic mass is 9.98. The van der Waals surface area contributed by atoms with E-state index in [1.807, 2.05) is 53.5 Å². The van der Waals surface area contributed by atoms with Gasteiger partial charge < -0.3 is 14.3 Å². The first kappa shape index (κ1) is 20.2. The number of aromatic hydroxyl groups is 1. The zero-order valence-corrected chi connectivity index (χ0v) is 17.9. The van der Waals surface area contributed by atoms with E-state index in [9.17, 15) is 9.90 Å². The quantitative estimate of drug-likeness (QED) is 0.418. The topological polar surface area (TPSA) is 75.3 Å². The maximum Gasteiger partial charge on any atom is 0.345 e. The molecule has 0 saturated carbocycles. The van der Waals surface area contributed by atoms with E-state index in [2.05, 4.69) is 0 Å². The molecule has 1 unspecified atom stereocenters. The van der Waals surface area contributed by atoms with Crippen LogP contribution in [0.15, 0.2) is 87.1 Å². The number of nitrogens with zero attached hydrogens (tertiary/aromatic N) is 2. The Morgan fingerprint density at radius 1 is 1.06 bits per heavy atom. The van der Waals surface area contributed by atoms with Crippen LogP contribution in [0.25, 0.3) is 11.0 Å².